The van der Waals surface area contributed by atoms with E-state index in [2.05, 4.69) is 10.2 Å². The van der Waals surface area contributed by atoms with Crippen LogP contribution in [-0.4, -0.2) is 33.6 Å². The van der Waals surface area contributed by atoms with Crippen LogP contribution in [0.3, 0.4) is 0 Å². The average molecular weight is 278 g/mol. The number of carboxylic acids is 1. The summed E-state index contributed by atoms with van der Waals surface area (Å²) in [6.07, 6.45) is 0. The van der Waals surface area contributed by atoms with Crippen LogP contribution in [0.5, 0.6) is 5.75 Å². The monoisotopic (exact) mass is 278 g/mol. The molecule has 0 saturated carbocycles. The van der Waals surface area contributed by atoms with Gasteiger partial charge in [0.2, 0.25) is 0 Å². The minimum atomic E-state index is -1.13. The van der Waals surface area contributed by atoms with Gasteiger partial charge >= 0.3 is 0 Å². The second-order valence-electron chi connectivity index (χ2n) is 3.76. The van der Waals surface area contributed by atoms with Crippen molar-refractivity contribution in [1.29, 1.82) is 0 Å². The van der Waals surface area contributed by atoms with Crippen molar-refractivity contribution in [2.24, 2.45) is 7.05 Å². The highest BCUT2D eigenvalue weighted by Gasteiger charge is 2.11. The molecule has 0 unspecified atom stereocenters. The van der Waals surface area contributed by atoms with E-state index in [-0.39, 0.29) is 5.75 Å². The SMILES string of the molecule is COc1cccc(-c2nnc(SCC(=O)[O-])n2C)c1. The molecule has 2 rings (SSSR count). The number of carboxylic acid groups (broad SMARTS) is 1. The minimum Gasteiger partial charge on any atom is -0.549 e. The van der Waals surface area contributed by atoms with Crippen molar-refractivity contribution in [2.75, 3.05) is 12.9 Å². The van der Waals surface area contributed by atoms with Gasteiger partial charge in [-0.25, -0.2) is 0 Å². The zero-order valence-corrected chi connectivity index (χ0v) is 11.3. The summed E-state index contributed by atoms with van der Waals surface area (Å²) in [7, 11) is 3.38. The van der Waals surface area contributed by atoms with E-state index in [1.54, 1.807) is 18.7 Å². The Kier molecular flexibility index (Phi) is 4.06. The van der Waals surface area contributed by atoms with Crippen LogP contribution in [0.25, 0.3) is 11.4 Å². The lowest BCUT2D eigenvalue weighted by Crippen LogP contribution is -2.24. The van der Waals surface area contributed by atoms with Crippen LogP contribution >= 0.6 is 11.8 Å². The highest BCUT2D eigenvalue weighted by molar-refractivity contribution is 7.99. The number of ether oxygens (including phenoxy) is 1. The fourth-order valence-corrected chi connectivity index (χ4v) is 2.20. The van der Waals surface area contributed by atoms with Crippen molar-refractivity contribution in [1.82, 2.24) is 14.8 Å². The number of hydrogen-bond acceptors (Lipinski definition) is 6. The van der Waals surface area contributed by atoms with Crippen LogP contribution in [-0.2, 0) is 11.8 Å². The Morgan fingerprint density at radius 1 is 1.47 bits per heavy atom. The molecule has 0 fully saturated rings. The van der Waals surface area contributed by atoms with Gasteiger partial charge in [0.05, 0.1) is 13.1 Å². The van der Waals surface area contributed by atoms with E-state index < -0.39 is 5.97 Å². The number of methoxy groups -OCH3 is 1. The van der Waals surface area contributed by atoms with E-state index in [0.29, 0.717) is 11.0 Å². The first-order chi connectivity index (χ1) is 9.11. The summed E-state index contributed by atoms with van der Waals surface area (Å²) in [4.78, 5) is 10.4. The highest BCUT2D eigenvalue weighted by atomic mass is 32.2. The molecule has 0 aliphatic heterocycles. The molecular formula is C12H12N3O3S-. The summed E-state index contributed by atoms with van der Waals surface area (Å²) in [5.41, 5.74) is 0.856. The maximum atomic E-state index is 10.4. The van der Waals surface area contributed by atoms with Crippen molar-refractivity contribution in [2.45, 2.75) is 5.16 Å². The summed E-state index contributed by atoms with van der Waals surface area (Å²) >= 11 is 1.08. The van der Waals surface area contributed by atoms with E-state index in [4.69, 9.17) is 4.74 Å². The predicted molar refractivity (Wildman–Crippen MR) is 68.7 cm³/mol. The number of benzene rings is 1. The lowest BCUT2D eigenvalue weighted by Gasteiger charge is -2.05. The first-order valence-corrected chi connectivity index (χ1v) is 6.47. The molecule has 7 heteroatoms. The first kappa shape index (κ1) is 13.4. The molecule has 0 bridgehead atoms. The molecule has 6 nitrogen and oxygen atoms in total. The minimum absolute atomic E-state index is 0.149. The quantitative estimate of drug-likeness (QED) is 0.733. The predicted octanol–water partition coefficient (Wildman–Crippen LogP) is 0.333. The third-order valence-electron chi connectivity index (χ3n) is 2.48. The molecule has 2 aromatic rings. The average Bonchev–Trinajstić information content (AvgIpc) is 2.78. The summed E-state index contributed by atoms with van der Waals surface area (Å²) in [5.74, 6) is 0.101. The zero-order valence-electron chi connectivity index (χ0n) is 10.5. The van der Waals surface area contributed by atoms with Crippen molar-refractivity contribution in [3.8, 4) is 17.1 Å². The van der Waals surface area contributed by atoms with Crippen LogP contribution < -0.4 is 9.84 Å². The second kappa shape index (κ2) is 5.75. The Morgan fingerprint density at radius 2 is 2.26 bits per heavy atom. The maximum absolute atomic E-state index is 10.4. The summed E-state index contributed by atoms with van der Waals surface area (Å²) in [6, 6.07) is 7.43. The van der Waals surface area contributed by atoms with Crippen LogP contribution in [0.1, 0.15) is 0 Å². The normalized spacial score (nSPS) is 10.4. The molecular weight excluding hydrogens is 266 g/mol. The molecule has 0 amide bonds. The van der Waals surface area contributed by atoms with E-state index >= 15 is 0 Å². The Labute approximate surface area is 114 Å². The fourth-order valence-electron chi connectivity index (χ4n) is 1.58. The topological polar surface area (TPSA) is 80.1 Å². The third-order valence-corrected chi connectivity index (χ3v) is 3.48. The molecule has 19 heavy (non-hydrogen) atoms. The van der Waals surface area contributed by atoms with Gasteiger partial charge in [0.25, 0.3) is 0 Å². The molecule has 0 N–H and O–H groups in total. The molecule has 0 radical (unpaired) electrons. The number of aromatic nitrogens is 3. The van der Waals surface area contributed by atoms with Gasteiger partial charge in [0.1, 0.15) is 5.75 Å². The summed E-state index contributed by atoms with van der Waals surface area (Å²) < 4.78 is 6.89. The summed E-state index contributed by atoms with van der Waals surface area (Å²) in [5, 5.41) is 19.0. The van der Waals surface area contributed by atoms with Gasteiger partial charge in [0, 0.05) is 18.4 Å². The number of thioether (sulfide) groups is 1. The van der Waals surface area contributed by atoms with E-state index in [1.807, 2.05) is 24.3 Å². The molecule has 1 aromatic heterocycles. The zero-order chi connectivity index (χ0) is 13.8. The maximum Gasteiger partial charge on any atom is 0.191 e. The van der Waals surface area contributed by atoms with Gasteiger partial charge in [-0.05, 0) is 12.1 Å². The Morgan fingerprint density at radius 3 is 2.95 bits per heavy atom. The van der Waals surface area contributed by atoms with Crippen molar-refractivity contribution in [3.05, 3.63) is 24.3 Å². The number of nitrogens with zero attached hydrogens (tertiary/aromatic N) is 3. The third kappa shape index (κ3) is 3.05. The van der Waals surface area contributed by atoms with Crippen LogP contribution in [0, 0.1) is 0 Å². The van der Waals surface area contributed by atoms with Crippen molar-refractivity contribution < 1.29 is 14.6 Å². The molecule has 0 aliphatic carbocycles. The number of aliphatic carboxylic acids is 1. The largest absolute Gasteiger partial charge is 0.549 e. The molecule has 0 atom stereocenters. The van der Waals surface area contributed by atoms with E-state index in [1.165, 1.54) is 0 Å². The Hall–Kier alpha value is -2.02. The molecule has 1 aromatic carbocycles. The van der Waals surface area contributed by atoms with Gasteiger partial charge in [-0.2, -0.15) is 0 Å². The van der Waals surface area contributed by atoms with Crippen LogP contribution in [0.2, 0.25) is 0 Å². The van der Waals surface area contributed by atoms with Crippen molar-refractivity contribution >= 4 is 17.7 Å². The molecule has 0 saturated heterocycles. The van der Waals surface area contributed by atoms with E-state index in [9.17, 15) is 9.90 Å². The molecule has 0 aliphatic rings. The van der Waals surface area contributed by atoms with E-state index in [0.717, 1.165) is 23.1 Å². The number of rotatable bonds is 5. The van der Waals surface area contributed by atoms with Crippen molar-refractivity contribution in [3.63, 3.8) is 0 Å². The smallest absolute Gasteiger partial charge is 0.191 e. The van der Waals surface area contributed by atoms with Gasteiger partial charge in [-0.15, -0.1) is 10.2 Å². The van der Waals surface area contributed by atoms with Gasteiger partial charge in [-0.1, -0.05) is 23.9 Å². The lowest BCUT2D eigenvalue weighted by atomic mass is 10.2. The number of carbonyl (C=O) groups excluding carboxylic acids is 1. The highest BCUT2D eigenvalue weighted by Crippen LogP contribution is 2.25. The molecule has 100 valence electrons. The van der Waals surface area contributed by atoms with Gasteiger partial charge < -0.3 is 19.2 Å². The number of hydrogen-bond donors (Lipinski definition) is 0. The molecule has 1 heterocycles. The van der Waals surface area contributed by atoms with Gasteiger partial charge in [0.15, 0.2) is 11.0 Å². The second-order valence-corrected chi connectivity index (χ2v) is 4.70. The standard InChI is InChI=1S/C12H13N3O3S/c1-15-11(8-4-3-5-9(6-8)18-2)13-14-12(15)19-7-10(16)17/h3-6H,7H2,1-2H3,(H,16,17)/p-1. The van der Waals surface area contributed by atoms with Crippen LogP contribution in [0.15, 0.2) is 29.4 Å². The number of carbonyl (C=O) groups is 1. The van der Waals surface area contributed by atoms with Gasteiger partial charge in [-0.3, -0.25) is 0 Å². The Bertz CT molecular complexity index is 598. The summed E-state index contributed by atoms with van der Waals surface area (Å²) in [6.45, 7) is 0. The molecule has 0 spiro atoms. The fraction of sp³-hybridized carbons (Fsp3) is 0.250. The van der Waals surface area contributed by atoms with Crippen LogP contribution in [0.4, 0.5) is 0 Å². The lowest BCUT2D eigenvalue weighted by molar-refractivity contribution is -0.301. The first-order valence-electron chi connectivity index (χ1n) is 5.48. The Balaban J connectivity index is 2.27.